The minimum atomic E-state index is -0.257. The Bertz CT molecular complexity index is 799. The van der Waals surface area contributed by atoms with Gasteiger partial charge in [0.1, 0.15) is 0 Å². The van der Waals surface area contributed by atoms with E-state index in [9.17, 15) is 9.59 Å². The number of nitrogens with zero attached hydrogens (tertiary/aromatic N) is 2. The molecule has 0 saturated carbocycles. The Morgan fingerprint density at radius 3 is 2.08 bits per heavy atom. The van der Waals surface area contributed by atoms with Crippen molar-refractivity contribution in [2.75, 3.05) is 0 Å². The highest BCUT2D eigenvalue weighted by Gasteiger charge is 2.63. The van der Waals surface area contributed by atoms with Crippen LogP contribution in [0.25, 0.3) is 5.69 Å². The summed E-state index contributed by atoms with van der Waals surface area (Å²) in [6.45, 7) is 1.93. The van der Waals surface area contributed by atoms with E-state index < -0.39 is 0 Å². The first kappa shape index (κ1) is 14.9. The minimum absolute atomic E-state index is 0.0517. The molecule has 0 N–H and O–H groups in total. The first-order chi connectivity index (χ1) is 12.1. The maximum Gasteiger partial charge on any atom is 0.236 e. The monoisotopic (exact) mass is 336 g/mol. The summed E-state index contributed by atoms with van der Waals surface area (Å²) in [5.74, 6) is -0.617. The fourth-order valence-electron chi connectivity index (χ4n) is 4.70. The van der Waals surface area contributed by atoms with Crippen molar-refractivity contribution in [3.05, 3.63) is 54.4 Å². The number of hydrogen-bond acceptors (Lipinski definition) is 3. The van der Waals surface area contributed by atoms with E-state index in [1.165, 1.54) is 4.90 Å². The van der Waals surface area contributed by atoms with Gasteiger partial charge < -0.3 is 9.30 Å². The maximum absolute atomic E-state index is 12.9. The molecule has 0 radical (unpaired) electrons. The third kappa shape index (κ3) is 2.05. The third-order valence-electron chi connectivity index (χ3n) is 5.98. The van der Waals surface area contributed by atoms with Gasteiger partial charge in [-0.3, -0.25) is 14.5 Å². The molecule has 4 heterocycles. The number of imide groups is 1. The molecule has 0 spiro atoms. The maximum atomic E-state index is 12.9. The van der Waals surface area contributed by atoms with E-state index in [1.807, 2.05) is 60.3 Å². The van der Waals surface area contributed by atoms with Crippen LogP contribution in [0.4, 0.5) is 0 Å². The molecular formula is C20H20N2O3. The van der Waals surface area contributed by atoms with Crippen LogP contribution < -0.4 is 0 Å². The molecule has 1 aromatic heterocycles. The Kier molecular flexibility index (Phi) is 3.16. The molecule has 5 nitrogen and oxygen atoms in total. The van der Waals surface area contributed by atoms with Crippen LogP contribution in [0.15, 0.2) is 48.8 Å². The van der Waals surface area contributed by atoms with Gasteiger partial charge in [0.05, 0.1) is 30.1 Å². The largest absolute Gasteiger partial charge is 0.373 e. The molecule has 0 aliphatic carbocycles. The highest BCUT2D eigenvalue weighted by Crippen LogP contribution is 2.50. The third-order valence-corrected chi connectivity index (χ3v) is 5.98. The second-order valence-electron chi connectivity index (χ2n) is 7.25. The summed E-state index contributed by atoms with van der Waals surface area (Å²) in [6, 6.07) is 11.7. The summed E-state index contributed by atoms with van der Waals surface area (Å²) in [7, 11) is 0. The van der Waals surface area contributed by atoms with Crippen molar-refractivity contribution < 1.29 is 14.3 Å². The van der Waals surface area contributed by atoms with E-state index in [-0.39, 0.29) is 41.9 Å². The van der Waals surface area contributed by atoms with Gasteiger partial charge in [0.2, 0.25) is 11.8 Å². The van der Waals surface area contributed by atoms with Gasteiger partial charge in [-0.25, -0.2) is 0 Å². The van der Waals surface area contributed by atoms with E-state index in [1.54, 1.807) is 0 Å². The molecule has 5 unspecified atom stereocenters. The van der Waals surface area contributed by atoms with Gasteiger partial charge in [0.15, 0.2) is 0 Å². The molecule has 128 valence electrons. The van der Waals surface area contributed by atoms with E-state index >= 15 is 0 Å². The summed E-state index contributed by atoms with van der Waals surface area (Å²) in [6.07, 6.45) is 5.67. The van der Waals surface area contributed by atoms with Crippen LogP contribution in [0.3, 0.4) is 0 Å². The molecule has 3 aliphatic heterocycles. The number of likely N-dealkylation sites (tertiary alicyclic amines) is 1. The van der Waals surface area contributed by atoms with Crippen molar-refractivity contribution in [1.29, 1.82) is 0 Å². The van der Waals surface area contributed by atoms with Crippen molar-refractivity contribution in [2.24, 2.45) is 11.8 Å². The number of ether oxygens (including phenoxy) is 1. The Labute approximate surface area is 146 Å². The van der Waals surface area contributed by atoms with Crippen LogP contribution >= 0.6 is 0 Å². The first-order valence-electron chi connectivity index (χ1n) is 8.91. The fourth-order valence-corrected chi connectivity index (χ4v) is 4.70. The second kappa shape index (κ2) is 5.30. The molecule has 5 rings (SSSR count). The summed E-state index contributed by atoms with van der Waals surface area (Å²) >= 11 is 0. The van der Waals surface area contributed by atoms with E-state index in [0.29, 0.717) is 0 Å². The van der Waals surface area contributed by atoms with Gasteiger partial charge >= 0.3 is 0 Å². The molecule has 2 bridgehead atoms. The number of rotatable bonds is 3. The van der Waals surface area contributed by atoms with E-state index in [0.717, 1.165) is 24.1 Å². The van der Waals surface area contributed by atoms with Gasteiger partial charge in [-0.05, 0) is 49.6 Å². The van der Waals surface area contributed by atoms with Crippen molar-refractivity contribution in [3.63, 3.8) is 0 Å². The second-order valence-corrected chi connectivity index (χ2v) is 7.25. The zero-order valence-corrected chi connectivity index (χ0v) is 14.0. The standard InChI is InChI=1S/C20H20N2O3/c1-12(13-4-6-14(7-5-13)21-10-2-3-11-21)22-19(23)17-15-8-9-16(25-15)18(17)20(22)24/h2-7,10-12,15-18H,8-9H2,1H3. The predicted octanol–water partition coefficient (Wildman–Crippen LogP) is 2.70. The Morgan fingerprint density at radius 2 is 1.52 bits per heavy atom. The first-order valence-corrected chi connectivity index (χ1v) is 8.91. The van der Waals surface area contributed by atoms with Crippen LogP contribution in [0.1, 0.15) is 31.4 Å². The minimum Gasteiger partial charge on any atom is -0.373 e. The topological polar surface area (TPSA) is 51.5 Å². The van der Waals surface area contributed by atoms with Gasteiger partial charge in [-0.1, -0.05) is 12.1 Å². The number of benzene rings is 1. The van der Waals surface area contributed by atoms with Gasteiger partial charge in [-0.2, -0.15) is 0 Å². The predicted molar refractivity (Wildman–Crippen MR) is 90.9 cm³/mol. The quantitative estimate of drug-likeness (QED) is 0.810. The van der Waals surface area contributed by atoms with Crippen LogP contribution in [0.5, 0.6) is 0 Å². The molecule has 3 aliphatic rings. The van der Waals surface area contributed by atoms with Crippen LogP contribution in [0.2, 0.25) is 0 Å². The number of carbonyl (C=O) groups is 2. The molecule has 5 heteroatoms. The molecule has 2 aromatic rings. The SMILES string of the molecule is CC(c1ccc(-n2cccc2)cc1)N1C(=O)C2C3CCC(O3)C2C1=O. The van der Waals surface area contributed by atoms with Crippen molar-refractivity contribution in [1.82, 2.24) is 9.47 Å². The lowest BCUT2D eigenvalue weighted by molar-refractivity contribution is -0.145. The van der Waals surface area contributed by atoms with Crippen molar-refractivity contribution >= 4 is 11.8 Å². The van der Waals surface area contributed by atoms with E-state index in [4.69, 9.17) is 4.74 Å². The fraction of sp³-hybridized carbons (Fsp3) is 0.400. The number of fused-ring (bicyclic) bond motifs is 5. The molecule has 3 saturated heterocycles. The van der Waals surface area contributed by atoms with Crippen LogP contribution in [-0.2, 0) is 14.3 Å². The average Bonchev–Trinajstić information content (AvgIpc) is 3.39. The Hall–Kier alpha value is -2.40. The molecular weight excluding hydrogens is 316 g/mol. The number of carbonyl (C=O) groups excluding carboxylic acids is 2. The highest BCUT2D eigenvalue weighted by molar-refractivity contribution is 6.06. The van der Waals surface area contributed by atoms with Gasteiger partial charge in [-0.15, -0.1) is 0 Å². The molecule has 1 aromatic carbocycles. The number of aromatic nitrogens is 1. The van der Waals surface area contributed by atoms with Gasteiger partial charge in [0.25, 0.3) is 0 Å². The molecule has 25 heavy (non-hydrogen) atoms. The van der Waals surface area contributed by atoms with E-state index in [2.05, 4.69) is 0 Å². The van der Waals surface area contributed by atoms with Gasteiger partial charge in [0, 0.05) is 18.1 Å². The zero-order valence-electron chi connectivity index (χ0n) is 14.0. The normalized spacial score (nSPS) is 31.6. The summed E-state index contributed by atoms with van der Waals surface area (Å²) in [5, 5.41) is 0. The number of amides is 2. The summed E-state index contributed by atoms with van der Waals surface area (Å²) < 4.78 is 7.83. The smallest absolute Gasteiger partial charge is 0.236 e. The molecule has 2 amide bonds. The lowest BCUT2D eigenvalue weighted by Crippen LogP contribution is -2.36. The highest BCUT2D eigenvalue weighted by atomic mass is 16.5. The molecule has 5 atom stereocenters. The van der Waals surface area contributed by atoms with Crippen LogP contribution in [0, 0.1) is 11.8 Å². The Morgan fingerprint density at radius 1 is 0.960 bits per heavy atom. The molecule has 3 fully saturated rings. The average molecular weight is 336 g/mol. The lowest BCUT2D eigenvalue weighted by atomic mass is 9.81. The number of hydrogen-bond donors (Lipinski definition) is 0. The lowest BCUT2D eigenvalue weighted by Gasteiger charge is -2.25. The Balaban J connectivity index is 1.42. The van der Waals surface area contributed by atoms with Crippen LogP contribution in [-0.4, -0.2) is 33.5 Å². The summed E-state index contributed by atoms with van der Waals surface area (Å²) in [5.41, 5.74) is 2.04. The van der Waals surface area contributed by atoms with Crippen molar-refractivity contribution in [3.8, 4) is 5.69 Å². The van der Waals surface area contributed by atoms with Crippen molar-refractivity contribution in [2.45, 2.75) is 38.0 Å². The zero-order chi connectivity index (χ0) is 17.1. The summed E-state index contributed by atoms with van der Waals surface area (Å²) in [4.78, 5) is 27.2.